The molecule has 0 saturated carbocycles. The fourth-order valence-corrected chi connectivity index (χ4v) is 1.15. The first-order valence-electron chi connectivity index (χ1n) is 3.63. The first-order valence-corrected chi connectivity index (χ1v) is 3.63. The molecule has 2 heteroatoms. The molecule has 1 nitrogen and oxygen atoms in total. The Bertz CT molecular complexity index is 301. The van der Waals surface area contributed by atoms with Crippen molar-refractivity contribution in [2.45, 2.75) is 6.42 Å². The fraction of sp³-hybridized carbons (Fsp3) is 0.100. The maximum atomic E-state index is 3.96. The molecule has 1 aliphatic rings. The molecule has 0 spiro atoms. The molecule has 0 saturated heterocycles. The Morgan fingerprint density at radius 2 is 2.00 bits per heavy atom. The zero-order valence-corrected chi connectivity index (χ0v) is 9.53. The van der Waals surface area contributed by atoms with Gasteiger partial charge in [-0.05, 0) is 17.7 Å². The summed E-state index contributed by atoms with van der Waals surface area (Å²) < 4.78 is 0. The Balaban J connectivity index is 0.000000720. The molecule has 0 aromatic carbocycles. The number of hydrogen-bond donors (Lipinski definition) is 0. The van der Waals surface area contributed by atoms with E-state index in [4.69, 9.17) is 0 Å². The molecule has 12 heavy (non-hydrogen) atoms. The summed E-state index contributed by atoms with van der Waals surface area (Å²) in [4.78, 5) is 3.96. The van der Waals surface area contributed by atoms with Gasteiger partial charge in [-0.15, -0.1) is 12.0 Å². The van der Waals surface area contributed by atoms with Crippen LogP contribution in [0, 0.1) is 6.08 Å². The Morgan fingerprint density at radius 1 is 1.25 bits per heavy atom. The first kappa shape index (κ1) is 9.82. The van der Waals surface area contributed by atoms with Crippen LogP contribution in [-0.4, -0.2) is 4.98 Å². The third kappa shape index (κ3) is 2.12. The number of nitrogens with zero attached hydrogens (tertiary/aromatic N) is 1. The van der Waals surface area contributed by atoms with Gasteiger partial charge >= 0.3 is 0 Å². The summed E-state index contributed by atoms with van der Waals surface area (Å²) in [6.45, 7) is 0. The molecule has 1 aromatic heterocycles. The monoisotopic (exact) mass is 231 g/mol. The van der Waals surface area contributed by atoms with Crippen molar-refractivity contribution in [2.24, 2.45) is 0 Å². The van der Waals surface area contributed by atoms with Crippen LogP contribution in [0.2, 0.25) is 0 Å². The Hall–Kier alpha value is -0.266. The van der Waals surface area contributed by atoms with Gasteiger partial charge in [-0.2, -0.15) is 0 Å². The molecule has 1 heterocycles. The standard InChI is InChI=1S/C10H8N.Y/c1-2-4-9(3-1)10-5-7-11-8-6-10;/h1,3,5-8H,4H2;/q-1;. The number of rotatable bonds is 1. The van der Waals surface area contributed by atoms with Crippen molar-refractivity contribution in [3.63, 3.8) is 0 Å². The molecule has 0 aliphatic heterocycles. The number of hydrogen-bond acceptors (Lipinski definition) is 1. The summed E-state index contributed by atoms with van der Waals surface area (Å²) in [5.74, 6) is 0. The third-order valence-electron chi connectivity index (χ3n) is 1.75. The van der Waals surface area contributed by atoms with Crippen molar-refractivity contribution < 1.29 is 32.7 Å². The van der Waals surface area contributed by atoms with Crippen LogP contribution in [0.15, 0.2) is 36.7 Å². The molecule has 1 radical (unpaired) electrons. The molecule has 2 rings (SSSR count). The van der Waals surface area contributed by atoms with Crippen molar-refractivity contribution in [3.05, 3.63) is 48.3 Å². The second-order valence-electron chi connectivity index (χ2n) is 2.48. The molecule has 1 aromatic rings. The van der Waals surface area contributed by atoms with Crippen LogP contribution >= 0.6 is 0 Å². The summed E-state index contributed by atoms with van der Waals surface area (Å²) in [6, 6.07) is 4.04. The number of aromatic nitrogens is 1. The van der Waals surface area contributed by atoms with Crippen molar-refractivity contribution in [1.29, 1.82) is 0 Å². The third-order valence-corrected chi connectivity index (χ3v) is 1.75. The van der Waals surface area contributed by atoms with Gasteiger partial charge < -0.3 is 0 Å². The second-order valence-corrected chi connectivity index (χ2v) is 2.48. The van der Waals surface area contributed by atoms with Crippen molar-refractivity contribution >= 4 is 5.57 Å². The normalized spacial score (nSPS) is 13.8. The first-order chi connectivity index (χ1) is 5.47. The molecule has 0 atom stereocenters. The van der Waals surface area contributed by atoms with Crippen LogP contribution in [-0.2, 0) is 32.7 Å². The predicted molar refractivity (Wildman–Crippen MR) is 44.6 cm³/mol. The van der Waals surface area contributed by atoms with Crippen LogP contribution in [0.25, 0.3) is 5.57 Å². The summed E-state index contributed by atoms with van der Waals surface area (Å²) in [7, 11) is 0. The molecule has 0 N–H and O–H groups in total. The molecular formula is C10H8NY-. The molecule has 0 bridgehead atoms. The SMILES string of the molecule is [C-]1=CC=C(c2ccncc2)C1.[Y]. The smallest absolute Gasteiger partial charge is 0.0273 e. The maximum Gasteiger partial charge on any atom is 0.0273 e. The van der Waals surface area contributed by atoms with E-state index in [1.165, 1.54) is 11.1 Å². The van der Waals surface area contributed by atoms with Gasteiger partial charge in [0.1, 0.15) is 0 Å². The van der Waals surface area contributed by atoms with Gasteiger partial charge in [-0.1, -0.05) is 0 Å². The van der Waals surface area contributed by atoms with Gasteiger partial charge in [0.15, 0.2) is 0 Å². The fourth-order valence-electron chi connectivity index (χ4n) is 1.15. The number of allylic oxidation sites excluding steroid dienone is 4. The predicted octanol–water partition coefficient (Wildman–Crippen LogP) is 2.23. The summed E-state index contributed by atoms with van der Waals surface area (Å²) >= 11 is 0. The molecule has 57 valence electrons. The van der Waals surface area contributed by atoms with E-state index in [1.807, 2.05) is 30.6 Å². The van der Waals surface area contributed by atoms with Gasteiger partial charge in [-0.25, -0.2) is 12.2 Å². The quantitative estimate of drug-likeness (QED) is 0.675. The zero-order valence-electron chi connectivity index (χ0n) is 6.70. The van der Waals surface area contributed by atoms with Crippen LogP contribution in [0.1, 0.15) is 12.0 Å². The summed E-state index contributed by atoms with van der Waals surface area (Å²) in [5, 5.41) is 0. The van der Waals surface area contributed by atoms with Crippen LogP contribution in [0.5, 0.6) is 0 Å². The molecule has 0 unspecified atom stereocenters. The van der Waals surface area contributed by atoms with E-state index in [-0.39, 0.29) is 32.7 Å². The van der Waals surface area contributed by atoms with Crippen LogP contribution in [0.4, 0.5) is 0 Å². The Labute approximate surface area is 97.5 Å². The largest absolute Gasteiger partial charge is 0.272 e. The van der Waals surface area contributed by atoms with E-state index < -0.39 is 0 Å². The van der Waals surface area contributed by atoms with Gasteiger partial charge in [-0.3, -0.25) is 11.1 Å². The summed E-state index contributed by atoms with van der Waals surface area (Å²) in [6.07, 6.45) is 11.8. The van der Waals surface area contributed by atoms with E-state index in [1.54, 1.807) is 0 Å². The average molecular weight is 231 g/mol. The van der Waals surface area contributed by atoms with Crippen molar-refractivity contribution in [3.8, 4) is 0 Å². The van der Waals surface area contributed by atoms with Crippen molar-refractivity contribution in [1.82, 2.24) is 4.98 Å². The molecule has 1 aliphatic carbocycles. The zero-order chi connectivity index (χ0) is 7.52. The number of pyridine rings is 1. The Morgan fingerprint density at radius 3 is 2.58 bits per heavy atom. The van der Waals surface area contributed by atoms with E-state index in [2.05, 4.69) is 17.1 Å². The average Bonchev–Trinajstić information content (AvgIpc) is 2.58. The Kier molecular flexibility index (Phi) is 3.83. The minimum atomic E-state index is 0. The van der Waals surface area contributed by atoms with Gasteiger partial charge in [0.2, 0.25) is 0 Å². The summed E-state index contributed by atoms with van der Waals surface area (Å²) in [5.41, 5.74) is 2.58. The molecule has 0 amide bonds. The van der Waals surface area contributed by atoms with E-state index in [0.717, 1.165) is 6.42 Å². The maximum absolute atomic E-state index is 3.96. The minimum absolute atomic E-state index is 0. The van der Waals surface area contributed by atoms with Gasteiger partial charge in [0.25, 0.3) is 0 Å². The minimum Gasteiger partial charge on any atom is -0.272 e. The van der Waals surface area contributed by atoms with E-state index >= 15 is 0 Å². The van der Waals surface area contributed by atoms with Gasteiger partial charge in [0, 0.05) is 45.1 Å². The topological polar surface area (TPSA) is 12.9 Å². The molecular weight excluding hydrogens is 223 g/mol. The van der Waals surface area contributed by atoms with E-state index in [0.29, 0.717) is 0 Å². The molecule has 0 fully saturated rings. The van der Waals surface area contributed by atoms with Crippen LogP contribution in [0.3, 0.4) is 0 Å². The van der Waals surface area contributed by atoms with Crippen LogP contribution < -0.4 is 0 Å². The second kappa shape index (κ2) is 4.68. The van der Waals surface area contributed by atoms with Crippen molar-refractivity contribution in [2.75, 3.05) is 0 Å². The van der Waals surface area contributed by atoms with Gasteiger partial charge in [0.05, 0.1) is 0 Å². The van der Waals surface area contributed by atoms with E-state index in [9.17, 15) is 0 Å².